The van der Waals surface area contributed by atoms with Gasteiger partial charge in [-0.25, -0.2) is 8.78 Å². The van der Waals surface area contributed by atoms with Crippen LogP contribution in [-0.4, -0.2) is 8.07 Å². The van der Waals surface area contributed by atoms with Crippen molar-refractivity contribution in [2.45, 2.75) is 0 Å². The Morgan fingerprint density at radius 3 is 1.15 bits per heavy atom. The Hall–Kier alpha value is -3.04. The molecule has 4 aromatic rings. The van der Waals surface area contributed by atoms with Crippen LogP contribution in [0, 0.1) is 11.6 Å². The van der Waals surface area contributed by atoms with Gasteiger partial charge in [0.25, 0.3) is 0 Å². The summed E-state index contributed by atoms with van der Waals surface area (Å²) in [6.45, 7) is 0. The zero-order valence-electron chi connectivity index (χ0n) is 14.6. The van der Waals surface area contributed by atoms with Crippen molar-refractivity contribution in [3.8, 4) is 0 Å². The lowest BCUT2D eigenvalue weighted by Gasteiger charge is -2.34. The van der Waals surface area contributed by atoms with E-state index >= 15 is 0 Å². The highest BCUT2D eigenvalue weighted by molar-refractivity contribution is 7.19. The van der Waals surface area contributed by atoms with Gasteiger partial charge in [-0.2, -0.15) is 0 Å². The molecule has 0 saturated carbocycles. The number of benzene rings is 4. The van der Waals surface area contributed by atoms with Gasteiger partial charge in [-0.3, -0.25) is 0 Å². The van der Waals surface area contributed by atoms with Crippen LogP contribution in [0.15, 0.2) is 109 Å². The van der Waals surface area contributed by atoms with Crippen LogP contribution in [0.25, 0.3) is 0 Å². The van der Waals surface area contributed by atoms with Gasteiger partial charge in [0.1, 0.15) is 11.6 Å². The lowest BCUT2D eigenvalue weighted by atomic mass is 10.3. The van der Waals surface area contributed by atoms with E-state index in [1.807, 2.05) is 48.5 Å². The Kier molecular flexibility index (Phi) is 4.69. The second-order valence-corrected chi connectivity index (χ2v) is 10.3. The molecule has 4 aromatic carbocycles. The Balaban J connectivity index is 2.16. The SMILES string of the molecule is Fc1cccc([Si](c2ccccc2)(c2ccccc2)c2cccc(F)c2)c1. The van der Waals surface area contributed by atoms with Crippen molar-refractivity contribution >= 4 is 28.8 Å². The van der Waals surface area contributed by atoms with Crippen LogP contribution in [0.5, 0.6) is 0 Å². The summed E-state index contributed by atoms with van der Waals surface area (Å²) in [6, 6.07) is 33.6. The van der Waals surface area contributed by atoms with Crippen LogP contribution in [0.3, 0.4) is 0 Å². The summed E-state index contributed by atoms with van der Waals surface area (Å²) in [5, 5.41) is 3.97. The van der Waals surface area contributed by atoms with Gasteiger partial charge in [0, 0.05) is 0 Å². The number of rotatable bonds is 4. The summed E-state index contributed by atoms with van der Waals surface area (Å²) in [4.78, 5) is 0. The first-order valence-corrected chi connectivity index (χ1v) is 10.8. The molecule has 0 aliphatic carbocycles. The fourth-order valence-corrected chi connectivity index (χ4v) is 8.61. The molecule has 3 heteroatoms. The lowest BCUT2D eigenvalue weighted by Crippen LogP contribution is -2.74. The first-order chi connectivity index (χ1) is 13.2. The van der Waals surface area contributed by atoms with Crippen molar-refractivity contribution in [2.75, 3.05) is 0 Å². The minimum absolute atomic E-state index is 0.285. The summed E-state index contributed by atoms with van der Waals surface area (Å²) < 4.78 is 28.5. The van der Waals surface area contributed by atoms with Crippen molar-refractivity contribution in [1.82, 2.24) is 0 Å². The first kappa shape index (κ1) is 17.4. The lowest BCUT2D eigenvalue weighted by molar-refractivity contribution is 0.629. The zero-order chi connectivity index (χ0) is 18.7. The largest absolute Gasteiger partial charge is 0.207 e. The molecule has 0 aliphatic rings. The summed E-state index contributed by atoms with van der Waals surface area (Å²) in [6.07, 6.45) is 0. The van der Waals surface area contributed by atoms with E-state index in [1.54, 1.807) is 24.3 Å². The third kappa shape index (κ3) is 3.11. The highest BCUT2D eigenvalue weighted by atomic mass is 28.3. The van der Waals surface area contributed by atoms with Gasteiger partial charge < -0.3 is 0 Å². The molecule has 0 bridgehead atoms. The summed E-state index contributed by atoms with van der Waals surface area (Å²) in [5.41, 5.74) is 0. The quantitative estimate of drug-likeness (QED) is 0.381. The summed E-state index contributed by atoms with van der Waals surface area (Å²) in [5.74, 6) is -0.569. The van der Waals surface area contributed by atoms with E-state index in [1.165, 1.54) is 12.1 Å². The third-order valence-corrected chi connectivity index (χ3v) is 9.68. The van der Waals surface area contributed by atoms with Gasteiger partial charge in [-0.05, 0) is 45.0 Å². The monoisotopic (exact) mass is 372 g/mol. The molecule has 0 radical (unpaired) electrons. The molecule has 4 rings (SSSR count). The third-order valence-electron chi connectivity index (χ3n) is 4.93. The van der Waals surface area contributed by atoms with E-state index < -0.39 is 8.07 Å². The molecular formula is C24H18F2Si. The van der Waals surface area contributed by atoms with Crippen molar-refractivity contribution in [2.24, 2.45) is 0 Å². The van der Waals surface area contributed by atoms with Gasteiger partial charge in [-0.15, -0.1) is 0 Å². The van der Waals surface area contributed by atoms with Gasteiger partial charge in [0.2, 0.25) is 0 Å². The van der Waals surface area contributed by atoms with Crippen molar-refractivity contribution in [1.29, 1.82) is 0 Å². The van der Waals surface area contributed by atoms with Gasteiger partial charge in [0.05, 0.1) is 0 Å². The van der Waals surface area contributed by atoms with Gasteiger partial charge in [-0.1, -0.05) is 84.9 Å². The molecule has 0 spiro atoms. The molecule has 0 aliphatic heterocycles. The van der Waals surface area contributed by atoms with E-state index in [4.69, 9.17) is 0 Å². The van der Waals surface area contributed by atoms with Gasteiger partial charge >= 0.3 is 0 Å². The van der Waals surface area contributed by atoms with E-state index in [0.29, 0.717) is 0 Å². The van der Waals surface area contributed by atoms with Crippen LogP contribution >= 0.6 is 0 Å². The highest BCUT2D eigenvalue weighted by Crippen LogP contribution is 2.11. The number of halogens is 2. The van der Waals surface area contributed by atoms with Crippen molar-refractivity contribution < 1.29 is 8.78 Å². The molecule has 0 unspecified atom stereocenters. The fourth-order valence-electron chi connectivity index (χ4n) is 3.82. The van der Waals surface area contributed by atoms with Crippen LogP contribution in [0.2, 0.25) is 0 Å². The fraction of sp³-hybridized carbons (Fsp3) is 0. The predicted molar refractivity (Wildman–Crippen MR) is 110 cm³/mol. The Morgan fingerprint density at radius 2 is 0.778 bits per heavy atom. The average Bonchev–Trinajstić information content (AvgIpc) is 2.71. The van der Waals surface area contributed by atoms with E-state index in [0.717, 1.165) is 20.7 Å². The molecule has 0 amide bonds. The van der Waals surface area contributed by atoms with Crippen LogP contribution in [-0.2, 0) is 0 Å². The number of hydrogen-bond acceptors (Lipinski definition) is 0. The van der Waals surface area contributed by atoms with Crippen LogP contribution in [0.1, 0.15) is 0 Å². The zero-order valence-corrected chi connectivity index (χ0v) is 15.6. The van der Waals surface area contributed by atoms with Crippen molar-refractivity contribution in [3.05, 3.63) is 121 Å². The molecule has 0 fully saturated rings. The number of hydrogen-bond donors (Lipinski definition) is 0. The molecule has 132 valence electrons. The van der Waals surface area contributed by atoms with Gasteiger partial charge in [0.15, 0.2) is 8.07 Å². The maximum Gasteiger partial charge on any atom is 0.179 e. The maximum atomic E-state index is 14.3. The molecular weight excluding hydrogens is 354 g/mol. The standard InChI is InChI=1S/C24H18F2Si/c25-19-9-7-15-23(17-19)27(21-11-3-1-4-12-21,22-13-5-2-6-14-22)24-16-8-10-20(26)18-24/h1-18H. The Morgan fingerprint density at radius 1 is 0.407 bits per heavy atom. The van der Waals surface area contributed by atoms with Crippen LogP contribution < -0.4 is 20.7 Å². The topological polar surface area (TPSA) is 0 Å². The first-order valence-electron chi connectivity index (χ1n) is 8.84. The smallest absolute Gasteiger partial charge is 0.179 e. The molecule has 0 aromatic heterocycles. The minimum atomic E-state index is -2.84. The molecule has 0 nitrogen and oxygen atoms in total. The van der Waals surface area contributed by atoms with Crippen LogP contribution in [0.4, 0.5) is 8.78 Å². The normalized spacial score (nSPS) is 11.3. The van der Waals surface area contributed by atoms with E-state index in [2.05, 4.69) is 24.3 Å². The Labute approximate surface area is 158 Å². The second kappa shape index (κ2) is 7.29. The van der Waals surface area contributed by atoms with Crippen molar-refractivity contribution in [3.63, 3.8) is 0 Å². The highest BCUT2D eigenvalue weighted by Gasteiger charge is 2.41. The van der Waals surface area contributed by atoms with E-state index in [-0.39, 0.29) is 11.6 Å². The molecule has 27 heavy (non-hydrogen) atoms. The summed E-state index contributed by atoms with van der Waals surface area (Å²) in [7, 11) is -2.84. The summed E-state index contributed by atoms with van der Waals surface area (Å²) >= 11 is 0. The molecule has 0 atom stereocenters. The second-order valence-electron chi connectivity index (χ2n) is 6.50. The Bertz CT molecular complexity index is 959. The molecule has 0 saturated heterocycles. The van der Waals surface area contributed by atoms with E-state index in [9.17, 15) is 8.78 Å². The average molecular weight is 372 g/mol. The minimum Gasteiger partial charge on any atom is -0.207 e. The maximum absolute atomic E-state index is 14.3. The molecule has 0 N–H and O–H groups in total. The predicted octanol–water partition coefficient (Wildman–Crippen LogP) is 3.34. The molecule has 0 heterocycles.